The van der Waals surface area contributed by atoms with Crippen LogP contribution in [0.25, 0.3) is 22.6 Å². The summed E-state index contributed by atoms with van der Waals surface area (Å²) in [6.45, 7) is 0.283. The minimum Gasteiger partial charge on any atom is -0.339 e. The SMILES string of the molecule is O=c1ccc(-c2ccc(Cl)cc2)nn1CCc1nc(-c2ccc(F)cc2)no1. The Bertz CT molecular complexity index is 1150. The third-order valence-corrected chi connectivity index (χ3v) is 4.37. The van der Waals surface area contributed by atoms with Gasteiger partial charge in [0.2, 0.25) is 11.7 Å². The summed E-state index contributed by atoms with van der Waals surface area (Å²) in [4.78, 5) is 16.4. The van der Waals surface area contributed by atoms with E-state index < -0.39 is 0 Å². The van der Waals surface area contributed by atoms with Gasteiger partial charge in [0, 0.05) is 28.6 Å². The Morgan fingerprint density at radius 2 is 1.68 bits per heavy atom. The van der Waals surface area contributed by atoms with Crippen LogP contribution >= 0.6 is 11.6 Å². The normalized spacial score (nSPS) is 10.9. The number of rotatable bonds is 5. The molecule has 0 aliphatic carbocycles. The third-order valence-electron chi connectivity index (χ3n) is 4.11. The lowest BCUT2D eigenvalue weighted by Crippen LogP contribution is -2.23. The summed E-state index contributed by atoms with van der Waals surface area (Å²) in [5.74, 6) is 0.397. The molecule has 0 saturated heterocycles. The van der Waals surface area contributed by atoms with Gasteiger partial charge >= 0.3 is 0 Å². The maximum Gasteiger partial charge on any atom is 0.266 e. The molecule has 0 bridgehead atoms. The number of aromatic nitrogens is 4. The quantitative estimate of drug-likeness (QED) is 0.510. The van der Waals surface area contributed by atoms with Crippen LogP contribution in [0, 0.1) is 5.82 Å². The summed E-state index contributed by atoms with van der Waals surface area (Å²) in [7, 11) is 0. The fourth-order valence-electron chi connectivity index (χ4n) is 2.66. The summed E-state index contributed by atoms with van der Waals surface area (Å²) >= 11 is 5.91. The Labute approximate surface area is 164 Å². The van der Waals surface area contributed by atoms with E-state index in [4.69, 9.17) is 16.1 Å². The lowest BCUT2D eigenvalue weighted by molar-refractivity contribution is 0.368. The highest BCUT2D eigenvalue weighted by Crippen LogP contribution is 2.19. The van der Waals surface area contributed by atoms with Gasteiger partial charge in [-0.3, -0.25) is 4.79 Å². The molecule has 140 valence electrons. The highest BCUT2D eigenvalue weighted by Gasteiger charge is 2.10. The first kappa shape index (κ1) is 18.1. The molecule has 0 amide bonds. The minimum atomic E-state index is -0.335. The van der Waals surface area contributed by atoms with E-state index in [1.54, 1.807) is 30.3 Å². The lowest BCUT2D eigenvalue weighted by atomic mass is 10.1. The van der Waals surface area contributed by atoms with Crippen LogP contribution in [0.3, 0.4) is 0 Å². The van der Waals surface area contributed by atoms with Crippen molar-refractivity contribution in [1.82, 2.24) is 19.9 Å². The van der Waals surface area contributed by atoms with E-state index in [0.29, 0.717) is 34.4 Å². The smallest absolute Gasteiger partial charge is 0.266 e. The molecular weight excluding hydrogens is 383 g/mol. The van der Waals surface area contributed by atoms with Crippen LogP contribution in [0.4, 0.5) is 4.39 Å². The maximum atomic E-state index is 13.0. The van der Waals surface area contributed by atoms with Crippen molar-refractivity contribution in [2.75, 3.05) is 0 Å². The van der Waals surface area contributed by atoms with Gasteiger partial charge in [0.15, 0.2) is 0 Å². The number of aryl methyl sites for hydroxylation is 2. The van der Waals surface area contributed by atoms with Gasteiger partial charge in [-0.05, 0) is 42.5 Å². The number of hydrogen-bond donors (Lipinski definition) is 0. The van der Waals surface area contributed by atoms with Gasteiger partial charge in [-0.2, -0.15) is 10.1 Å². The molecule has 4 aromatic rings. The average molecular weight is 397 g/mol. The largest absolute Gasteiger partial charge is 0.339 e. The Balaban J connectivity index is 1.50. The van der Waals surface area contributed by atoms with Crippen LogP contribution in [0.5, 0.6) is 0 Å². The second-order valence-corrected chi connectivity index (χ2v) is 6.49. The van der Waals surface area contributed by atoms with Crippen LogP contribution < -0.4 is 5.56 Å². The van der Waals surface area contributed by atoms with Crippen molar-refractivity contribution in [1.29, 1.82) is 0 Å². The fraction of sp³-hybridized carbons (Fsp3) is 0.100. The van der Waals surface area contributed by atoms with E-state index in [1.807, 2.05) is 12.1 Å². The second-order valence-electron chi connectivity index (χ2n) is 6.06. The van der Waals surface area contributed by atoms with Crippen molar-refractivity contribution in [3.8, 4) is 22.6 Å². The molecule has 0 aliphatic heterocycles. The predicted octanol–water partition coefficient (Wildman–Crippen LogP) is 4.00. The molecule has 0 saturated carbocycles. The van der Waals surface area contributed by atoms with Gasteiger partial charge in [0.05, 0.1) is 12.2 Å². The van der Waals surface area contributed by atoms with E-state index in [2.05, 4.69) is 15.2 Å². The highest BCUT2D eigenvalue weighted by atomic mass is 35.5. The third kappa shape index (κ3) is 3.99. The van der Waals surface area contributed by atoms with E-state index in [-0.39, 0.29) is 17.9 Å². The standard InChI is InChI=1S/C20H14ClFN4O2/c21-15-5-1-13(2-6-15)17-9-10-19(27)26(24-17)12-11-18-23-20(25-28-18)14-3-7-16(22)8-4-14/h1-10H,11-12H2. The molecule has 2 aromatic carbocycles. The zero-order valence-electron chi connectivity index (χ0n) is 14.5. The van der Waals surface area contributed by atoms with Crippen molar-refractivity contribution in [3.05, 3.63) is 87.7 Å². The first-order valence-corrected chi connectivity index (χ1v) is 8.89. The van der Waals surface area contributed by atoms with Crippen LogP contribution in [-0.2, 0) is 13.0 Å². The number of nitrogens with zero attached hydrogens (tertiary/aromatic N) is 4. The topological polar surface area (TPSA) is 73.8 Å². The maximum absolute atomic E-state index is 13.0. The average Bonchev–Trinajstić information content (AvgIpc) is 3.18. The molecule has 2 heterocycles. The number of halogens is 2. The number of benzene rings is 2. The zero-order chi connectivity index (χ0) is 19.5. The molecule has 0 atom stereocenters. The van der Waals surface area contributed by atoms with Crippen LogP contribution in [0.1, 0.15) is 5.89 Å². The summed E-state index contributed by atoms with van der Waals surface area (Å²) < 4.78 is 19.6. The van der Waals surface area contributed by atoms with Crippen molar-refractivity contribution >= 4 is 11.6 Å². The molecule has 6 nitrogen and oxygen atoms in total. The second kappa shape index (κ2) is 7.74. The highest BCUT2D eigenvalue weighted by molar-refractivity contribution is 6.30. The molecule has 0 aliphatic rings. The van der Waals surface area contributed by atoms with Crippen molar-refractivity contribution in [2.45, 2.75) is 13.0 Å². The molecule has 2 aromatic heterocycles. The fourth-order valence-corrected chi connectivity index (χ4v) is 2.78. The molecule has 8 heteroatoms. The van der Waals surface area contributed by atoms with Crippen LogP contribution in [0.15, 0.2) is 70.0 Å². The minimum absolute atomic E-state index is 0.226. The van der Waals surface area contributed by atoms with E-state index in [1.165, 1.54) is 22.9 Å². The first-order chi connectivity index (χ1) is 13.6. The Morgan fingerprint density at radius 1 is 0.964 bits per heavy atom. The summed E-state index contributed by atoms with van der Waals surface area (Å²) in [5, 5.41) is 8.92. The molecular formula is C20H14ClFN4O2. The first-order valence-electron chi connectivity index (χ1n) is 8.51. The van der Waals surface area contributed by atoms with E-state index >= 15 is 0 Å². The molecule has 0 radical (unpaired) electrons. The van der Waals surface area contributed by atoms with Crippen molar-refractivity contribution in [3.63, 3.8) is 0 Å². The van der Waals surface area contributed by atoms with Crippen LogP contribution in [0.2, 0.25) is 5.02 Å². The van der Waals surface area contributed by atoms with E-state index in [0.717, 1.165) is 5.56 Å². The molecule has 0 unspecified atom stereocenters. The Morgan fingerprint density at radius 3 is 2.43 bits per heavy atom. The monoisotopic (exact) mass is 396 g/mol. The van der Waals surface area contributed by atoms with Crippen molar-refractivity contribution < 1.29 is 8.91 Å². The van der Waals surface area contributed by atoms with Gasteiger partial charge in [0.25, 0.3) is 5.56 Å². The van der Waals surface area contributed by atoms with Gasteiger partial charge in [-0.25, -0.2) is 9.07 Å². The van der Waals surface area contributed by atoms with Crippen molar-refractivity contribution in [2.24, 2.45) is 0 Å². The van der Waals surface area contributed by atoms with Gasteiger partial charge in [-0.15, -0.1) is 0 Å². The Kier molecular flexibility index (Phi) is 4.99. The van der Waals surface area contributed by atoms with Gasteiger partial charge in [-0.1, -0.05) is 28.9 Å². The molecule has 28 heavy (non-hydrogen) atoms. The van der Waals surface area contributed by atoms with Crippen LogP contribution in [-0.4, -0.2) is 19.9 Å². The van der Waals surface area contributed by atoms with Gasteiger partial charge in [0.1, 0.15) is 5.82 Å². The Hall–Kier alpha value is -3.32. The number of hydrogen-bond acceptors (Lipinski definition) is 5. The lowest BCUT2D eigenvalue weighted by Gasteiger charge is -2.06. The summed E-state index contributed by atoms with van der Waals surface area (Å²) in [6, 6.07) is 16.2. The molecule has 0 spiro atoms. The van der Waals surface area contributed by atoms with Gasteiger partial charge < -0.3 is 4.52 Å². The summed E-state index contributed by atoms with van der Waals surface area (Å²) in [6.07, 6.45) is 0.338. The van der Waals surface area contributed by atoms with E-state index in [9.17, 15) is 9.18 Å². The zero-order valence-corrected chi connectivity index (χ0v) is 15.3. The predicted molar refractivity (Wildman–Crippen MR) is 102 cm³/mol. The molecule has 0 N–H and O–H groups in total. The molecule has 0 fully saturated rings. The summed E-state index contributed by atoms with van der Waals surface area (Å²) in [5.41, 5.74) is 1.94. The molecule has 4 rings (SSSR count).